The van der Waals surface area contributed by atoms with Crippen LogP contribution in [0.2, 0.25) is 0 Å². The fourth-order valence-electron chi connectivity index (χ4n) is 3.28. The number of hydrogen-bond acceptors (Lipinski definition) is 3. The van der Waals surface area contributed by atoms with Crippen molar-refractivity contribution in [3.05, 3.63) is 65.2 Å². The number of aryl methyl sites for hydroxylation is 1. The van der Waals surface area contributed by atoms with Crippen LogP contribution in [0.4, 0.5) is 0 Å². The maximum Gasteiger partial charge on any atom is 0.217 e. The summed E-state index contributed by atoms with van der Waals surface area (Å²) in [5.74, 6) is 0.916. The highest BCUT2D eigenvalue weighted by Crippen LogP contribution is 2.43. The molecule has 4 nitrogen and oxygen atoms in total. The van der Waals surface area contributed by atoms with Crippen LogP contribution in [0.25, 0.3) is 0 Å². The highest BCUT2D eigenvalue weighted by atomic mass is 32.2. The zero-order chi connectivity index (χ0) is 17.5. The van der Waals surface area contributed by atoms with Crippen LogP contribution in [0.15, 0.2) is 48.5 Å². The van der Waals surface area contributed by atoms with Gasteiger partial charge in [-0.3, -0.25) is 0 Å². The molecule has 1 fully saturated rings. The summed E-state index contributed by atoms with van der Waals surface area (Å²) in [6, 6.07) is 15.4. The minimum Gasteiger partial charge on any atom is -0.493 e. The van der Waals surface area contributed by atoms with E-state index in [1.165, 1.54) is 0 Å². The molecule has 1 aliphatic carbocycles. The van der Waals surface area contributed by atoms with Crippen molar-refractivity contribution in [2.24, 2.45) is 0 Å². The lowest BCUT2D eigenvalue weighted by Crippen LogP contribution is -2.37. The van der Waals surface area contributed by atoms with Gasteiger partial charge in [-0.25, -0.2) is 13.1 Å². The van der Waals surface area contributed by atoms with Gasteiger partial charge in [-0.1, -0.05) is 42.5 Å². The molecule has 2 aromatic carbocycles. The zero-order valence-electron chi connectivity index (χ0n) is 14.4. The molecule has 25 heavy (non-hydrogen) atoms. The van der Waals surface area contributed by atoms with Gasteiger partial charge in [0, 0.05) is 0 Å². The van der Waals surface area contributed by atoms with Crippen molar-refractivity contribution in [2.45, 2.75) is 43.4 Å². The van der Waals surface area contributed by atoms with Crippen LogP contribution in [0.3, 0.4) is 0 Å². The van der Waals surface area contributed by atoms with Gasteiger partial charge in [0.2, 0.25) is 10.0 Å². The van der Waals surface area contributed by atoms with Crippen molar-refractivity contribution in [1.29, 1.82) is 0 Å². The first-order chi connectivity index (χ1) is 12.0. The van der Waals surface area contributed by atoms with E-state index in [0.717, 1.165) is 54.7 Å². The van der Waals surface area contributed by atoms with Crippen LogP contribution >= 0.6 is 0 Å². The Hall–Kier alpha value is -1.85. The highest BCUT2D eigenvalue weighted by molar-refractivity contribution is 7.91. The molecule has 1 unspecified atom stereocenters. The van der Waals surface area contributed by atoms with E-state index in [1.54, 1.807) is 0 Å². The Balaban J connectivity index is 1.73. The number of rotatable bonds is 5. The molecule has 4 rings (SSSR count). The Labute approximate surface area is 149 Å². The standard InChI is InChI=1S/C20H23NO3S/c1-20(11-12-20)25(22,23)21-19(15-6-3-2-4-7-15)17-9-10-18-16(14-17)8-5-13-24-18/h2-4,6-7,9-10,14,19,21H,5,8,11-13H2,1H3. The fourth-order valence-corrected chi connectivity index (χ4v) is 4.78. The van der Waals surface area contributed by atoms with Crippen molar-refractivity contribution in [3.63, 3.8) is 0 Å². The number of hydrogen-bond donors (Lipinski definition) is 1. The molecule has 1 aliphatic heterocycles. The molecule has 132 valence electrons. The second-order valence-corrected chi connectivity index (χ2v) is 9.46. The molecule has 1 atom stereocenters. The summed E-state index contributed by atoms with van der Waals surface area (Å²) in [4.78, 5) is 0. The van der Waals surface area contributed by atoms with E-state index in [4.69, 9.17) is 4.74 Å². The van der Waals surface area contributed by atoms with Crippen molar-refractivity contribution >= 4 is 10.0 Å². The molecule has 1 heterocycles. The van der Waals surface area contributed by atoms with Gasteiger partial charge in [-0.15, -0.1) is 0 Å². The minimum atomic E-state index is -3.38. The average molecular weight is 357 g/mol. The Morgan fingerprint density at radius 2 is 1.84 bits per heavy atom. The quantitative estimate of drug-likeness (QED) is 0.890. The number of ether oxygens (including phenoxy) is 1. The van der Waals surface area contributed by atoms with Gasteiger partial charge in [0.05, 0.1) is 17.4 Å². The molecule has 0 radical (unpaired) electrons. The Morgan fingerprint density at radius 1 is 1.08 bits per heavy atom. The van der Waals surface area contributed by atoms with Crippen LogP contribution in [0, 0.1) is 0 Å². The van der Waals surface area contributed by atoms with E-state index >= 15 is 0 Å². The molecule has 0 bridgehead atoms. The van der Waals surface area contributed by atoms with E-state index < -0.39 is 14.8 Å². The van der Waals surface area contributed by atoms with Crippen LogP contribution in [0.1, 0.15) is 48.9 Å². The third-order valence-corrected chi connectivity index (χ3v) is 7.53. The van der Waals surface area contributed by atoms with Gasteiger partial charge in [-0.05, 0) is 55.4 Å². The zero-order valence-corrected chi connectivity index (χ0v) is 15.2. The van der Waals surface area contributed by atoms with Crippen LogP contribution < -0.4 is 9.46 Å². The van der Waals surface area contributed by atoms with E-state index in [-0.39, 0.29) is 6.04 Å². The second-order valence-electron chi connectivity index (χ2n) is 7.23. The summed E-state index contributed by atoms with van der Waals surface area (Å²) in [6.07, 6.45) is 3.41. The van der Waals surface area contributed by atoms with Gasteiger partial charge >= 0.3 is 0 Å². The first-order valence-corrected chi connectivity index (χ1v) is 10.3. The van der Waals surface area contributed by atoms with Crippen molar-refractivity contribution in [3.8, 4) is 5.75 Å². The number of fused-ring (bicyclic) bond motifs is 1. The molecule has 0 spiro atoms. The fraction of sp³-hybridized carbons (Fsp3) is 0.400. The van der Waals surface area contributed by atoms with Crippen LogP contribution in [-0.2, 0) is 16.4 Å². The maximum absolute atomic E-state index is 12.8. The SMILES string of the molecule is CC1(S(=O)(=O)NC(c2ccccc2)c2ccc3c(c2)CCCO3)CC1. The smallest absolute Gasteiger partial charge is 0.217 e. The summed E-state index contributed by atoms with van der Waals surface area (Å²) in [5.41, 5.74) is 3.07. The Kier molecular flexibility index (Phi) is 4.08. The first kappa shape index (κ1) is 16.6. The van der Waals surface area contributed by atoms with Gasteiger partial charge in [0.25, 0.3) is 0 Å². The maximum atomic E-state index is 12.8. The molecular weight excluding hydrogens is 334 g/mol. The average Bonchev–Trinajstić information content (AvgIpc) is 3.40. The van der Waals surface area contributed by atoms with Gasteiger partial charge < -0.3 is 4.74 Å². The third-order valence-electron chi connectivity index (χ3n) is 5.27. The summed E-state index contributed by atoms with van der Waals surface area (Å²) >= 11 is 0. The predicted molar refractivity (Wildman–Crippen MR) is 98.2 cm³/mol. The molecule has 5 heteroatoms. The largest absolute Gasteiger partial charge is 0.493 e. The molecule has 2 aliphatic rings. The Bertz CT molecular complexity index is 873. The van der Waals surface area contributed by atoms with Gasteiger partial charge in [0.1, 0.15) is 5.75 Å². The van der Waals surface area contributed by atoms with E-state index in [2.05, 4.69) is 10.8 Å². The van der Waals surface area contributed by atoms with Crippen LogP contribution in [-0.4, -0.2) is 19.8 Å². The van der Waals surface area contributed by atoms with Gasteiger partial charge in [-0.2, -0.15) is 0 Å². The second kappa shape index (κ2) is 6.15. The first-order valence-electron chi connectivity index (χ1n) is 8.81. The van der Waals surface area contributed by atoms with E-state index in [0.29, 0.717) is 0 Å². The van der Waals surface area contributed by atoms with Crippen molar-refractivity contribution in [2.75, 3.05) is 6.61 Å². The minimum absolute atomic E-state index is 0.379. The van der Waals surface area contributed by atoms with Crippen molar-refractivity contribution in [1.82, 2.24) is 4.72 Å². The lowest BCUT2D eigenvalue weighted by Gasteiger charge is -2.24. The summed E-state index contributed by atoms with van der Waals surface area (Å²) in [5, 5.41) is 0. The monoisotopic (exact) mass is 357 g/mol. The molecular formula is C20H23NO3S. The van der Waals surface area contributed by atoms with Gasteiger partial charge in [0.15, 0.2) is 0 Å². The van der Waals surface area contributed by atoms with E-state index in [9.17, 15) is 8.42 Å². The normalized spacial score (nSPS) is 19.6. The number of nitrogens with one attached hydrogen (secondary N) is 1. The molecule has 1 N–H and O–H groups in total. The van der Waals surface area contributed by atoms with E-state index in [1.807, 2.05) is 49.4 Å². The highest BCUT2D eigenvalue weighted by Gasteiger charge is 2.50. The summed E-state index contributed by atoms with van der Waals surface area (Å²) < 4.78 is 33.7. The molecule has 0 aromatic heterocycles. The lowest BCUT2D eigenvalue weighted by molar-refractivity contribution is 0.288. The predicted octanol–water partition coefficient (Wildman–Crippen LogP) is 3.57. The molecule has 0 amide bonds. The summed E-state index contributed by atoms with van der Waals surface area (Å²) in [6.45, 7) is 2.57. The topological polar surface area (TPSA) is 55.4 Å². The summed E-state index contributed by atoms with van der Waals surface area (Å²) in [7, 11) is -3.38. The third kappa shape index (κ3) is 3.18. The number of sulfonamides is 1. The number of benzene rings is 2. The molecule has 0 saturated heterocycles. The van der Waals surface area contributed by atoms with Crippen LogP contribution in [0.5, 0.6) is 5.75 Å². The molecule has 1 saturated carbocycles. The molecule has 2 aromatic rings. The van der Waals surface area contributed by atoms with Crippen molar-refractivity contribution < 1.29 is 13.2 Å². The Morgan fingerprint density at radius 3 is 2.56 bits per heavy atom. The lowest BCUT2D eigenvalue weighted by atomic mass is 9.95.